The highest BCUT2D eigenvalue weighted by molar-refractivity contribution is 5.88. The fourth-order valence-electron chi connectivity index (χ4n) is 1.56. The topological polar surface area (TPSA) is 117 Å². The fraction of sp³-hybridized carbons (Fsp3) is 0.750. The molecule has 0 aliphatic carbocycles. The second-order valence-electron chi connectivity index (χ2n) is 4.24. The van der Waals surface area contributed by atoms with Crippen molar-refractivity contribution in [3.05, 3.63) is 0 Å². The molecule has 0 bridgehead atoms. The Hall–Kier alpha value is -1.83. The Balaban J connectivity index is 4.21. The van der Waals surface area contributed by atoms with Crippen molar-refractivity contribution < 1.29 is 24.2 Å². The number of aliphatic carboxylic acids is 1. The van der Waals surface area contributed by atoms with Crippen LogP contribution in [0.3, 0.4) is 0 Å². The van der Waals surface area contributed by atoms with Crippen molar-refractivity contribution in [2.24, 2.45) is 0 Å². The van der Waals surface area contributed by atoms with Gasteiger partial charge in [0.15, 0.2) is 0 Å². The molecule has 20 heavy (non-hydrogen) atoms. The molecule has 0 aliphatic rings. The van der Waals surface area contributed by atoms with Gasteiger partial charge in [0.2, 0.25) is 5.91 Å². The molecule has 4 N–H and O–H groups in total. The average Bonchev–Trinajstić information content (AvgIpc) is 2.42. The molecule has 0 aromatic heterocycles. The number of carbonyl (C=O) groups excluding carboxylic acids is 2. The Bertz CT molecular complexity index is 342. The maximum atomic E-state index is 11.6. The zero-order valence-corrected chi connectivity index (χ0v) is 12.1. The lowest BCUT2D eigenvalue weighted by Gasteiger charge is -2.27. The van der Waals surface area contributed by atoms with Gasteiger partial charge in [-0.3, -0.25) is 4.79 Å². The molecule has 8 nitrogen and oxygen atoms in total. The van der Waals surface area contributed by atoms with Gasteiger partial charge in [-0.1, -0.05) is 13.8 Å². The predicted octanol–water partition coefficient (Wildman–Crippen LogP) is -0.308. The van der Waals surface area contributed by atoms with Gasteiger partial charge >= 0.3 is 12.0 Å². The van der Waals surface area contributed by atoms with Crippen LogP contribution in [0.2, 0.25) is 0 Å². The third-order valence-electron chi connectivity index (χ3n) is 3.01. The van der Waals surface area contributed by atoms with E-state index in [2.05, 4.69) is 16.0 Å². The zero-order valence-electron chi connectivity index (χ0n) is 12.1. The Morgan fingerprint density at radius 3 is 2.20 bits per heavy atom. The fourth-order valence-corrected chi connectivity index (χ4v) is 1.56. The molecule has 0 rings (SSSR count). The minimum atomic E-state index is -1.31. The number of methoxy groups -OCH3 is 1. The number of carboxylic acids is 1. The van der Waals surface area contributed by atoms with Gasteiger partial charge in [0.25, 0.3) is 0 Å². The first kappa shape index (κ1) is 18.2. The molecule has 116 valence electrons. The first-order chi connectivity index (χ1) is 9.41. The molecule has 0 heterocycles. The van der Waals surface area contributed by atoms with Gasteiger partial charge in [-0.2, -0.15) is 0 Å². The second kappa shape index (κ2) is 9.13. The average molecular weight is 289 g/mol. The Kier molecular flexibility index (Phi) is 8.30. The number of amides is 3. The lowest BCUT2D eigenvalue weighted by atomic mass is 9.93. The van der Waals surface area contributed by atoms with Crippen molar-refractivity contribution in [1.82, 2.24) is 16.0 Å². The van der Waals surface area contributed by atoms with Gasteiger partial charge in [-0.15, -0.1) is 0 Å². The number of carboxylic acid groups (broad SMARTS) is 1. The van der Waals surface area contributed by atoms with Crippen LogP contribution in [0.5, 0.6) is 0 Å². The van der Waals surface area contributed by atoms with Crippen LogP contribution in [0.15, 0.2) is 0 Å². The van der Waals surface area contributed by atoms with E-state index in [9.17, 15) is 14.4 Å². The van der Waals surface area contributed by atoms with Gasteiger partial charge in [0, 0.05) is 13.7 Å². The first-order valence-electron chi connectivity index (χ1n) is 6.46. The van der Waals surface area contributed by atoms with E-state index >= 15 is 0 Å². The molecule has 0 saturated carbocycles. The summed E-state index contributed by atoms with van der Waals surface area (Å²) in [6.45, 7) is 3.86. The van der Waals surface area contributed by atoms with Crippen LogP contribution in [0.4, 0.5) is 4.79 Å². The highest BCUT2D eigenvalue weighted by Crippen LogP contribution is 2.14. The maximum absolute atomic E-state index is 11.6. The molecule has 0 aliphatic heterocycles. The number of hydrogen-bond acceptors (Lipinski definition) is 4. The summed E-state index contributed by atoms with van der Waals surface area (Å²) in [6.07, 6.45) is 0.512. The number of ether oxygens (including phenoxy) is 1. The van der Waals surface area contributed by atoms with E-state index in [1.165, 1.54) is 7.11 Å². The molecule has 3 amide bonds. The van der Waals surface area contributed by atoms with Gasteiger partial charge in [0.1, 0.15) is 5.54 Å². The van der Waals surface area contributed by atoms with Crippen molar-refractivity contribution in [1.29, 1.82) is 0 Å². The van der Waals surface area contributed by atoms with E-state index in [-0.39, 0.29) is 25.3 Å². The van der Waals surface area contributed by atoms with Crippen molar-refractivity contribution in [2.45, 2.75) is 32.2 Å². The van der Waals surface area contributed by atoms with Crippen molar-refractivity contribution in [3.63, 3.8) is 0 Å². The summed E-state index contributed by atoms with van der Waals surface area (Å²) in [6, 6.07) is -0.682. The lowest BCUT2D eigenvalue weighted by Crippen LogP contribution is -2.57. The van der Waals surface area contributed by atoms with Gasteiger partial charge < -0.3 is 25.8 Å². The zero-order chi connectivity index (χ0) is 15.6. The summed E-state index contributed by atoms with van der Waals surface area (Å²) in [4.78, 5) is 34.2. The summed E-state index contributed by atoms with van der Waals surface area (Å²) >= 11 is 0. The highest BCUT2D eigenvalue weighted by Gasteiger charge is 2.36. The minimum Gasteiger partial charge on any atom is -0.480 e. The molecule has 0 aromatic carbocycles. The third-order valence-corrected chi connectivity index (χ3v) is 3.01. The molecule has 0 unspecified atom stereocenters. The summed E-state index contributed by atoms with van der Waals surface area (Å²) in [5.41, 5.74) is -1.31. The molecule has 0 spiro atoms. The van der Waals surface area contributed by atoms with Crippen molar-refractivity contribution >= 4 is 17.9 Å². The smallest absolute Gasteiger partial charge is 0.329 e. The third kappa shape index (κ3) is 5.87. The highest BCUT2D eigenvalue weighted by atomic mass is 16.5. The molecule has 0 aromatic rings. The molecule has 8 heteroatoms. The largest absolute Gasteiger partial charge is 0.480 e. The summed E-state index contributed by atoms with van der Waals surface area (Å²) in [5.74, 6) is -1.46. The standard InChI is InChI=1S/C12H23N3O5/c1-4-12(5-2,10(17)18)15-11(19)14-8-9(16)13-6-7-20-3/h4-8H2,1-3H3,(H,13,16)(H,17,18)(H2,14,15,19). The van der Waals surface area contributed by atoms with E-state index in [0.29, 0.717) is 13.2 Å². The molecule has 0 fully saturated rings. The van der Waals surface area contributed by atoms with E-state index in [4.69, 9.17) is 9.84 Å². The number of rotatable bonds is 9. The van der Waals surface area contributed by atoms with Gasteiger partial charge in [0.05, 0.1) is 13.2 Å². The van der Waals surface area contributed by atoms with Crippen LogP contribution < -0.4 is 16.0 Å². The van der Waals surface area contributed by atoms with Gasteiger partial charge in [-0.05, 0) is 12.8 Å². The summed E-state index contributed by atoms with van der Waals surface area (Å²) in [7, 11) is 1.51. The molecular formula is C12H23N3O5. The van der Waals surface area contributed by atoms with Crippen LogP contribution >= 0.6 is 0 Å². The molecular weight excluding hydrogens is 266 g/mol. The van der Waals surface area contributed by atoms with E-state index in [0.717, 1.165) is 0 Å². The SMILES string of the molecule is CCC(CC)(NC(=O)NCC(=O)NCCOC)C(=O)O. The number of carbonyl (C=O) groups is 3. The number of nitrogens with one attached hydrogen (secondary N) is 3. The Labute approximate surface area is 118 Å². The summed E-state index contributed by atoms with van der Waals surface area (Å²) in [5, 5.41) is 16.4. The molecule has 0 radical (unpaired) electrons. The normalized spacial score (nSPS) is 10.8. The van der Waals surface area contributed by atoms with E-state index < -0.39 is 17.5 Å². The number of hydrogen-bond donors (Lipinski definition) is 4. The van der Waals surface area contributed by atoms with E-state index in [1.807, 2.05) is 0 Å². The van der Waals surface area contributed by atoms with Crippen molar-refractivity contribution in [3.8, 4) is 0 Å². The minimum absolute atomic E-state index is 0.224. The second-order valence-corrected chi connectivity index (χ2v) is 4.24. The monoisotopic (exact) mass is 289 g/mol. The van der Waals surface area contributed by atoms with Gasteiger partial charge in [-0.25, -0.2) is 9.59 Å². The quantitative estimate of drug-likeness (QED) is 0.434. The van der Waals surface area contributed by atoms with Crippen molar-refractivity contribution in [2.75, 3.05) is 26.8 Å². The predicted molar refractivity (Wildman–Crippen MR) is 72.4 cm³/mol. The number of urea groups is 1. The van der Waals surface area contributed by atoms with Crippen LogP contribution in [-0.4, -0.2) is 55.4 Å². The Morgan fingerprint density at radius 1 is 1.15 bits per heavy atom. The van der Waals surface area contributed by atoms with Crippen LogP contribution in [-0.2, 0) is 14.3 Å². The lowest BCUT2D eigenvalue weighted by molar-refractivity contribution is -0.144. The first-order valence-corrected chi connectivity index (χ1v) is 6.46. The maximum Gasteiger partial charge on any atom is 0.329 e. The molecule has 0 atom stereocenters. The molecule has 0 saturated heterocycles. The summed E-state index contributed by atoms with van der Waals surface area (Å²) < 4.78 is 4.76. The van der Waals surface area contributed by atoms with Crippen LogP contribution in [0.1, 0.15) is 26.7 Å². The van der Waals surface area contributed by atoms with Crippen LogP contribution in [0.25, 0.3) is 0 Å². The Morgan fingerprint density at radius 2 is 1.75 bits per heavy atom. The van der Waals surface area contributed by atoms with Crippen LogP contribution in [0, 0.1) is 0 Å². The van der Waals surface area contributed by atoms with E-state index in [1.54, 1.807) is 13.8 Å².